The maximum atomic E-state index is 11.8. The number of para-hydroxylation sites is 1. The summed E-state index contributed by atoms with van der Waals surface area (Å²) in [5, 5.41) is 6.73. The Labute approximate surface area is 147 Å². The third kappa shape index (κ3) is 7.26. The Morgan fingerprint density at radius 2 is 1.52 bits per heavy atom. The van der Waals surface area contributed by atoms with E-state index in [1.807, 2.05) is 60.7 Å². The minimum absolute atomic E-state index is 0.0812. The minimum atomic E-state index is -0.296. The summed E-state index contributed by atoms with van der Waals surface area (Å²) in [4.78, 5) is 23.5. The lowest BCUT2D eigenvalue weighted by molar-refractivity contribution is -0.124. The molecule has 0 aliphatic rings. The van der Waals surface area contributed by atoms with Crippen LogP contribution in [0.1, 0.15) is 25.3 Å². The van der Waals surface area contributed by atoms with Crippen molar-refractivity contribution < 1.29 is 9.59 Å². The van der Waals surface area contributed by atoms with Crippen LogP contribution in [0.25, 0.3) is 6.08 Å². The molecule has 2 amide bonds. The standard InChI is InChI=1S/C20H21N3O2/c1-16(12-13-17-8-4-2-5-9-17)22-23-20(25)15-14-19(24)21-18-10-6-3-7-11-18/h2-13H,14-15H2,1H3,(H,21,24)(H,23,25)/b13-12-,22-16+. The van der Waals surface area contributed by atoms with Gasteiger partial charge < -0.3 is 5.32 Å². The lowest BCUT2D eigenvalue weighted by atomic mass is 10.2. The van der Waals surface area contributed by atoms with E-state index >= 15 is 0 Å². The van der Waals surface area contributed by atoms with Gasteiger partial charge in [0.15, 0.2) is 0 Å². The maximum absolute atomic E-state index is 11.8. The van der Waals surface area contributed by atoms with Crippen molar-refractivity contribution in [1.29, 1.82) is 0 Å². The minimum Gasteiger partial charge on any atom is -0.326 e. The third-order valence-corrected chi connectivity index (χ3v) is 3.31. The van der Waals surface area contributed by atoms with Crippen LogP contribution in [-0.4, -0.2) is 17.5 Å². The number of nitrogens with zero attached hydrogens (tertiary/aromatic N) is 1. The fraction of sp³-hybridized carbons (Fsp3) is 0.150. The van der Waals surface area contributed by atoms with E-state index in [0.29, 0.717) is 11.4 Å². The number of hydrazone groups is 1. The van der Waals surface area contributed by atoms with Crippen LogP contribution in [0.3, 0.4) is 0 Å². The molecule has 2 aromatic rings. The van der Waals surface area contributed by atoms with Gasteiger partial charge in [0, 0.05) is 18.5 Å². The topological polar surface area (TPSA) is 70.6 Å². The van der Waals surface area contributed by atoms with Crippen molar-refractivity contribution in [3.8, 4) is 0 Å². The molecule has 5 nitrogen and oxygen atoms in total. The average Bonchev–Trinajstić information content (AvgIpc) is 2.64. The highest BCUT2D eigenvalue weighted by atomic mass is 16.2. The molecule has 0 aromatic heterocycles. The number of benzene rings is 2. The first-order valence-electron chi connectivity index (χ1n) is 8.04. The number of carbonyl (C=O) groups is 2. The molecule has 0 atom stereocenters. The number of nitrogens with one attached hydrogen (secondary N) is 2. The molecule has 0 heterocycles. The van der Waals surface area contributed by atoms with Crippen molar-refractivity contribution in [1.82, 2.24) is 5.43 Å². The fourth-order valence-corrected chi connectivity index (χ4v) is 2.00. The van der Waals surface area contributed by atoms with E-state index in [1.54, 1.807) is 19.1 Å². The van der Waals surface area contributed by atoms with Gasteiger partial charge in [0.25, 0.3) is 0 Å². The Morgan fingerprint density at radius 1 is 0.920 bits per heavy atom. The van der Waals surface area contributed by atoms with Crippen LogP contribution < -0.4 is 10.7 Å². The van der Waals surface area contributed by atoms with E-state index in [2.05, 4.69) is 15.8 Å². The molecule has 0 radical (unpaired) electrons. The molecule has 0 saturated heterocycles. The normalized spacial score (nSPS) is 11.3. The van der Waals surface area contributed by atoms with Crippen LogP contribution in [0.4, 0.5) is 5.69 Å². The average molecular weight is 335 g/mol. The number of allylic oxidation sites excluding steroid dienone is 1. The van der Waals surface area contributed by atoms with Gasteiger partial charge in [-0.05, 0) is 30.7 Å². The predicted molar refractivity (Wildman–Crippen MR) is 101 cm³/mol. The molecule has 0 bridgehead atoms. The molecule has 128 valence electrons. The molecule has 0 aliphatic carbocycles. The highest BCUT2D eigenvalue weighted by molar-refractivity contribution is 5.97. The highest BCUT2D eigenvalue weighted by Crippen LogP contribution is 2.06. The summed E-state index contributed by atoms with van der Waals surface area (Å²) < 4.78 is 0. The SMILES string of the molecule is CC(/C=C\c1ccccc1)=N\NC(=O)CCC(=O)Nc1ccccc1. The van der Waals surface area contributed by atoms with Crippen LogP contribution in [0.15, 0.2) is 71.8 Å². The second-order valence-electron chi connectivity index (χ2n) is 5.45. The van der Waals surface area contributed by atoms with Crippen molar-refractivity contribution in [2.24, 2.45) is 5.10 Å². The van der Waals surface area contributed by atoms with Crippen LogP contribution in [0.2, 0.25) is 0 Å². The molecular weight excluding hydrogens is 314 g/mol. The zero-order valence-corrected chi connectivity index (χ0v) is 14.1. The zero-order chi connectivity index (χ0) is 17.9. The van der Waals surface area contributed by atoms with E-state index in [1.165, 1.54) is 0 Å². The van der Waals surface area contributed by atoms with E-state index < -0.39 is 0 Å². The Bertz CT molecular complexity index is 753. The van der Waals surface area contributed by atoms with Crippen LogP contribution >= 0.6 is 0 Å². The first-order valence-corrected chi connectivity index (χ1v) is 8.04. The second kappa shape index (κ2) is 9.82. The Balaban J connectivity index is 1.72. The summed E-state index contributed by atoms with van der Waals surface area (Å²) in [5.74, 6) is -0.498. The molecule has 0 spiro atoms. The van der Waals surface area contributed by atoms with Crippen LogP contribution in [0.5, 0.6) is 0 Å². The largest absolute Gasteiger partial charge is 0.326 e. The zero-order valence-electron chi connectivity index (χ0n) is 14.1. The Kier molecular flexibility index (Phi) is 7.13. The summed E-state index contributed by atoms with van der Waals surface area (Å²) in [6.07, 6.45) is 3.92. The van der Waals surface area contributed by atoms with Crippen LogP contribution in [0, 0.1) is 0 Å². The predicted octanol–water partition coefficient (Wildman–Crippen LogP) is 3.61. The fourth-order valence-electron chi connectivity index (χ4n) is 2.00. The number of hydrogen-bond acceptors (Lipinski definition) is 3. The van der Waals surface area contributed by atoms with E-state index in [0.717, 1.165) is 5.56 Å². The summed E-state index contributed by atoms with van der Waals surface area (Å²) >= 11 is 0. The molecule has 25 heavy (non-hydrogen) atoms. The second-order valence-corrected chi connectivity index (χ2v) is 5.45. The molecule has 0 fully saturated rings. The van der Waals surface area contributed by atoms with Crippen molar-refractivity contribution in [2.75, 3.05) is 5.32 Å². The molecule has 2 N–H and O–H groups in total. The Hall–Kier alpha value is -3.21. The summed E-state index contributed by atoms with van der Waals surface area (Å²) in [7, 11) is 0. The molecular formula is C20H21N3O2. The maximum Gasteiger partial charge on any atom is 0.240 e. The molecule has 2 rings (SSSR count). The molecule has 0 unspecified atom stereocenters. The lowest BCUT2D eigenvalue weighted by Crippen LogP contribution is -2.21. The van der Waals surface area contributed by atoms with Gasteiger partial charge in [0.1, 0.15) is 0 Å². The number of amides is 2. The van der Waals surface area contributed by atoms with Gasteiger partial charge in [-0.2, -0.15) is 5.10 Å². The first kappa shape index (κ1) is 18.1. The monoisotopic (exact) mass is 335 g/mol. The quantitative estimate of drug-likeness (QED) is 0.599. The molecule has 2 aromatic carbocycles. The summed E-state index contributed by atoms with van der Waals surface area (Å²) in [6, 6.07) is 19.0. The number of anilines is 1. The van der Waals surface area contributed by atoms with Gasteiger partial charge in [-0.1, -0.05) is 54.6 Å². The van der Waals surface area contributed by atoms with Gasteiger partial charge in [0.05, 0.1) is 5.71 Å². The van der Waals surface area contributed by atoms with Gasteiger partial charge in [-0.15, -0.1) is 0 Å². The molecule has 0 aliphatic heterocycles. The number of hydrogen-bond donors (Lipinski definition) is 2. The lowest BCUT2D eigenvalue weighted by Gasteiger charge is -2.04. The van der Waals surface area contributed by atoms with Crippen molar-refractivity contribution in [3.05, 3.63) is 72.3 Å². The molecule has 5 heteroatoms. The van der Waals surface area contributed by atoms with Gasteiger partial charge in [0.2, 0.25) is 11.8 Å². The summed E-state index contributed by atoms with van der Waals surface area (Å²) in [6.45, 7) is 1.79. The van der Waals surface area contributed by atoms with E-state index in [4.69, 9.17) is 0 Å². The first-order chi connectivity index (χ1) is 12.1. The summed E-state index contributed by atoms with van der Waals surface area (Å²) in [5.41, 5.74) is 4.90. The van der Waals surface area contributed by atoms with Crippen molar-refractivity contribution >= 4 is 29.3 Å². The van der Waals surface area contributed by atoms with Crippen molar-refractivity contribution in [2.45, 2.75) is 19.8 Å². The smallest absolute Gasteiger partial charge is 0.240 e. The van der Waals surface area contributed by atoms with E-state index in [9.17, 15) is 9.59 Å². The van der Waals surface area contributed by atoms with Gasteiger partial charge in [-0.3, -0.25) is 9.59 Å². The molecule has 0 saturated carbocycles. The van der Waals surface area contributed by atoms with E-state index in [-0.39, 0.29) is 24.7 Å². The highest BCUT2D eigenvalue weighted by Gasteiger charge is 2.06. The van der Waals surface area contributed by atoms with Crippen molar-refractivity contribution in [3.63, 3.8) is 0 Å². The van der Waals surface area contributed by atoms with Gasteiger partial charge in [-0.25, -0.2) is 5.43 Å². The van der Waals surface area contributed by atoms with Gasteiger partial charge >= 0.3 is 0 Å². The van der Waals surface area contributed by atoms with Crippen LogP contribution in [-0.2, 0) is 9.59 Å². The number of rotatable bonds is 7. The number of carbonyl (C=O) groups excluding carboxylic acids is 2. The third-order valence-electron chi connectivity index (χ3n) is 3.31. The Morgan fingerprint density at radius 3 is 2.20 bits per heavy atom.